The minimum Gasteiger partial charge on any atom is -0.316 e. The number of halogens is 2. The van der Waals surface area contributed by atoms with Gasteiger partial charge in [0.1, 0.15) is 9.34 Å². The van der Waals surface area contributed by atoms with Crippen LogP contribution in [0.3, 0.4) is 0 Å². The van der Waals surface area contributed by atoms with Crippen LogP contribution in [0.25, 0.3) is 0 Å². The van der Waals surface area contributed by atoms with Crippen molar-refractivity contribution in [2.45, 2.75) is 19.4 Å². The Hall–Kier alpha value is 0.130. The standard InChI is InChI=1S/C11H16ClN3S.ClH/c12-9-5-14-10(16-9)6-15-4-2-11(8-15)1-3-13-7-11;/h5,13H,1-4,6-8H2;1H. The molecular weight excluding hydrogens is 277 g/mol. The Bertz CT molecular complexity index is 377. The van der Waals surface area contributed by atoms with Crippen molar-refractivity contribution in [3.05, 3.63) is 15.5 Å². The topological polar surface area (TPSA) is 28.2 Å². The van der Waals surface area contributed by atoms with Gasteiger partial charge < -0.3 is 5.32 Å². The highest BCUT2D eigenvalue weighted by Crippen LogP contribution is 2.36. The largest absolute Gasteiger partial charge is 0.316 e. The molecule has 2 aliphatic heterocycles. The Kier molecular flexibility index (Phi) is 4.31. The fraction of sp³-hybridized carbons (Fsp3) is 0.727. The van der Waals surface area contributed by atoms with Crippen LogP contribution < -0.4 is 5.32 Å². The number of rotatable bonds is 2. The van der Waals surface area contributed by atoms with Crippen LogP contribution in [-0.4, -0.2) is 36.1 Å². The first-order valence-corrected chi connectivity index (χ1v) is 6.99. The summed E-state index contributed by atoms with van der Waals surface area (Å²) in [5, 5.41) is 4.63. The van der Waals surface area contributed by atoms with Gasteiger partial charge in [-0.25, -0.2) is 4.98 Å². The molecule has 0 amide bonds. The molecule has 1 aromatic heterocycles. The second-order valence-corrected chi connectivity index (χ2v) is 6.69. The van der Waals surface area contributed by atoms with Crippen molar-refractivity contribution in [3.8, 4) is 0 Å². The van der Waals surface area contributed by atoms with Crippen LogP contribution in [0.2, 0.25) is 4.34 Å². The van der Waals surface area contributed by atoms with E-state index in [0.29, 0.717) is 5.41 Å². The highest BCUT2D eigenvalue weighted by molar-refractivity contribution is 7.15. The SMILES string of the molecule is Cl.Clc1cnc(CN2CCC3(CCNC3)C2)s1. The number of nitrogens with one attached hydrogen (secondary N) is 1. The maximum atomic E-state index is 5.89. The van der Waals surface area contributed by atoms with Crippen molar-refractivity contribution in [1.82, 2.24) is 15.2 Å². The Morgan fingerprint density at radius 3 is 3.06 bits per heavy atom. The molecule has 1 spiro atoms. The summed E-state index contributed by atoms with van der Waals surface area (Å²) in [5.41, 5.74) is 0.557. The van der Waals surface area contributed by atoms with Crippen LogP contribution in [0.1, 0.15) is 17.8 Å². The second-order valence-electron chi connectivity index (χ2n) is 4.95. The molecule has 1 aromatic rings. The van der Waals surface area contributed by atoms with E-state index in [9.17, 15) is 0 Å². The van der Waals surface area contributed by atoms with Crippen LogP contribution in [0.15, 0.2) is 6.20 Å². The zero-order valence-corrected chi connectivity index (χ0v) is 12.0. The van der Waals surface area contributed by atoms with E-state index in [4.69, 9.17) is 11.6 Å². The first kappa shape index (κ1) is 13.6. The number of hydrogen-bond acceptors (Lipinski definition) is 4. The van der Waals surface area contributed by atoms with Crippen molar-refractivity contribution in [3.63, 3.8) is 0 Å². The molecule has 3 heterocycles. The summed E-state index contributed by atoms with van der Waals surface area (Å²) in [6, 6.07) is 0. The molecule has 3 nitrogen and oxygen atoms in total. The van der Waals surface area contributed by atoms with Crippen molar-refractivity contribution in [2.75, 3.05) is 26.2 Å². The van der Waals surface area contributed by atoms with Gasteiger partial charge >= 0.3 is 0 Å². The van der Waals surface area contributed by atoms with Gasteiger partial charge in [0.05, 0.1) is 12.7 Å². The van der Waals surface area contributed by atoms with Gasteiger partial charge in [-0.2, -0.15) is 0 Å². The molecule has 0 aliphatic carbocycles. The summed E-state index contributed by atoms with van der Waals surface area (Å²) in [5.74, 6) is 0. The molecule has 1 N–H and O–H groups in total. The van der Waals surface area contributed by atoms with Crippen molar-refractivity contribution in [1.29, 1.82) is 0 Å². The van der Waals surface area contributed by atoms with Gasteiger partial charge in [-0.1, -0.05) is 11.6 Å². The summed E-state index contributed by atoms with van der Waals surface area (Å²) < 4.78 is 0.798. The molecule has 2 fully saturated rings. The molecule has 3 rings (SSSR count). The van der Waals surface area contributed by atoms with Crippen LogP contribution >= 0.6 is 35.3 Å². The van der Waals surface area contributed by atoms with Gasteiger partial charge in [-0.05, 0) is 31.3 Å². The molecule has 1 unspecified atom stereocenters. The fourth-order valence-corrected chi connectivity index (χ4v) is 3.86. The Morgan fingerprint density at radius 1 is 1.53 bits per heavy atom. The monoisotopic (exact) mass is 293 g/mol. The van der Waals surface area contributed by atoms with Crippen LogP contribution in [0, 0.1) is 5.41 Å². The lowest BCUT2D eigenvalue weighted by molar-refractivity contribution is 0.268. The average Bonchev–Trinajstić information content (AvgIpc) is 2.94. The summed E-state index contributed by atoms with van der Waals surface area (Å²) in [6.07, 6.45) is 4.42. The number of aromatic nitrogens is 1. The molecule has 17 heavy (non-hydrogen) atoms. The minimum absolute atomic E-state index is 0. The summed E-state index contributed by atoms with van der Waals surface area (Å²) in [6.45, 7) is 5.79. The van der Waals surface area contributed by atoms with Crippen LogP contribution in [0.4, 0.5) is 0 Å². The third kappa shape index (κ3) is 2.93. The minimum atomic E-state index is 0. The first-order valence-electron chi connectivity index (χ1n) is 5.79. The molecule has 2 aliphatic rings. The maximum Gasteiger partial charge on any atom is 0.113 e. The molecule has 0 bridgehead atoms. The number of thiazole rings is 1. The van der Waals surface area contributed by atoms with E-state index in [1.165, 1.54) is 39.0 Å². The van der Waals surface area contributed by atoms with E-state index < -0.39 is 0 Å². The maximum absolute atomic E-state index is 5.89. The second kappa shape index (κ2) is 5.41. The molecule has 0 aromatic carbocycles. The number of nitrogens with zero attached hydrogens (tertiary/aromatic N) is 2. The van der Waals surface area contributed by atoms with E-state index in [0.717, 1.165) is 15.9 Å². The molecule has 2 saturated heterocycles. The predicted molar refractivity (Wildman–Crippen MR) is 74.2 cm³/mol. The van der Waals surface area contributed by atoms with E-state index in [1.807, 2.05) is 0 Å². The van der Waals surface area contributed by atoms with Crippen molar-refractivity contribution in [2.24, 2.45) is 5.41 Å². The van der Waals surface area contributed by atoms with Gasteiger partial charge in [0.25, 0.3) is 0 Å². The lowest BCUT2D eigenvalue weighted by Gasteiger charge is -2.22. The molecule has 0 radical (unpaired) electrons. The number of hydrogen-bond donors (Lipinski definition) is 1. The normalized spacial score (nSPS) is 28.8. The van der Waals surface area contributed by atoms with Crippen LogP contribution in [-0.2, 0) is 6.54 Å². The molecule has 96 valence electrons. The fourth-order valence-electron chi connectivity index (χ4n) is 2.86. The molecule has 6 heteroatoms. The van der Waals surface area contributed by atoms with E-state index in [1.54, 1.807) is 17.5 Å². The van der Waals surface area contributed by atoms with Gasteiger partial charge in [-0.3, -0.25) is 4.90 Å². The van der Waals surface area contributed by atoms with E-state index in [2.05, 4.69) is 15.2 Å². The average molecular weight is 294 g/mol. The predicted octanol–water partition coefficient (Wildman–Crippen LogP) is 2.40. The van der Waals surface area contributed by atoms with E-state index >= 15 is 0 Å². The lowest BCUT2D eigenvalue weighted by Crippen LogP contribution is -2.28. The highest BCUT2D eigenvalue weighted by Gasteiger charge is 2.40. The quantitative estimate of drug-likeness (QED) is 0.908. The summed E-state index contributed by atoms with van der Waals surface area (Å²) >= 11 is 7.50. The molecule has 0 saturated carbocycles. The number of likely N-dealkylation sites (tertiary alicyclic amines) is 1. The third-order valence-electron chi connectivity index (χ3n) is 3.73. The van der Waals surface area contributed by atoms with Gasteiger partial charge in [0.2, 0.25) is 0 Å². The first-order chi connectivity index (χ1) is 7.76. The molecular formula is C11H17Cl2N3S. The Balaban J connectivity index is 0.00000108. The zero-order valence-electron chi connectivity index (χ0n) is 9.62. The Morgan fingerprint density at radius 2 is 2.41 bits per heavy atom. The van der Waals surface area contributed by atoms with Crippen molar-refractivity contribution < 1.29 is 0 Å². The van der Waals surface area contributed by atoms with Gasteiger partial charge in [-0.15, -0.1) is 23.7 Å². The smallest absolute Gasteiger partial charge is 0.113 e. The highest BCUT2D eigenvalue weighted by atomic mass is 35.5. The van der Waals surface area contributed by atoms with Crippen LogP contribution in [0.5, 0.6) is 0 Å². The van der Waals surface area contributed by atoms with Crippen molar-refractivity contribution >= 4 is 35.3 Å². The Labute approximate surface area is 117 Å². The third-order valence-corrected chi connectivity index (χ3v) is 4.83. The zero-order chi connectivity index (χ0) is 11.0. The molecule has 1 atom stereocenters. The van der Waals surface area contributed by atoms with Gasteiger partial charge in [0, 0.05) is 13.1 Å². The van der Waals surface area contributed by atoms with Gasteiger partial charge in [0.15, 0.2) is 0 Å². The lowest BCUT2D eigenvalue weighted by atomic mass is 9.87. The summed E-state index contributed by atoms with van der Waals surface area (Å²) in [7, 11) is 0. The summed E-state index contributed by atoms with van der Waals surface area (Å²) in [4.78, 5) is 6.84. The van der Waals surface area contributed by atoms with E-state index in [-0.39, 0.29) is 12.4 Å².